The van der Waals surface area contributed by atoms with Crippen LogP contribution in [0, 0.1) is 56.2 Å². The normalized spacial score (nSPS) is 45.1. The van der Waals surface area contributed by atoms with E-state index in [0.29, 0.717) is 28.8 Å². The Balaban J connectivity index is 0.000000846. The summed E-state index contributed by atoms with van der Waals surface area (Å²) in [5.74, 6) is 3.07. The van der Waals surface area contributed by atoms with Crippen molar-refractivity contribution in [2.45, 2.75) is 141 Å². The molecule has 2 heteroatoms. The molecule has 2 nitrogen and oxygen atoms in total. The monoisotopic (exact) mass is 554 g/mol. The Kier molecular flexibility index (Phi) is 9.51. The van der Waals surface area contributed by atoms with Crippen molar-refractivity contribution < 1.29 is 5.11 Å². The minimum Gasteiger partial charge on any atom is -0.396 e. The molecule has 8 unspecified atom stereocenters. The van der Waals surface area contributed by atoms with Gasteiger partial charge in [0, 0.05) is 6.61 Å². The van der Waals surface area contributed by atoms with Crippen LogP contribution >= 0.6 is 0 Å². The maximum absolute atomic E-state index is 10.8. The van der Waals surface area contributed by atoms with Crippen molar-refractivity contribution in [3.63, 3.8) is 0 Å². The fourth-order valence-corrected chi connectivity index (χ4v) is 11.9. The Morgan fingerprint density at radius 1 is 0.925 bits per heavy atom. The first-order chi connectivity index (χ1) is 18.4. The molecule has 0 heterocycles. The summed E-state index contributed by atoms with van der Waals surface area (Å²) in [6.45, 7) is 26.7. The number of aliphatic hydroxyl groups is 1. The summed E-state index contributed by atoms with van der Waals surface area (Å²) in [6.07, 6.45) is 19.1. The molecule has 8 atom stereocenters. The van der Waals surface area contributed by atoms with Crippen LogP contribution in [0.25, 0.3) is 0 Å². The molecule has 0 aromatic rings. The molecule has 1 N–H and O–H groups in total. The zero-order chi connectivity index (χ0) is 29.1. The SMILES string of the molecule is C.CC.CC.CC=NCC1=CCC2(C)C3=CC4CC56CC(C)(C)CCC5(CO)CCC(C46)C3(C)CCC2C1(C)C. The van der Waals surface area contributed by atoms with Gasteiger partial charge in [0.1, 0.15) is 0 Å². The van der Waals surface area contributed by atoms with Crippen molar-refractivity contribution in [2.24, 2.45) is 61.2 Å². The van der Waals surface area contributed by atoms with Crippen molar-refractivity contribution >= 4 is 6.21 Å². The molecule has 4 saturated carbocycles. The van der Waals surface area contributed by atoms with Gasteiger partial charge in [-0.1, -0.05) is 94.4 Å². The van der Waals surface area contributed by atoms with Crippen LogP contribution in [0.2, 0.25) is 0 Å². The highest BCUT2D eigenvalue weighted by molar-refractivity contribution is 5.53. The molecule has 1 spiro atoms. The molecule has 230 valence electrons. The largest absolute Gasteiger partial charge is 0.396 e. The lowest BCUT2D eigenvalue weighted by atomic mass is 9.27. The quantitative estimate of drug-likeness (QED) is 0.273. The molecule has 6 aliphatic rings. The Hall–Kier alpha value is -0.890. The van der Waals surface area contributed by atoms with E-state index < -0.39 is 0 Å². The van der Waals surface area contributed by atoms with Crippen LogP contribution in [-0.4, -0.2) is 24.5 Å². The zero-order valence-electron chi connectivity index (χ0n) is 27.7. The van der Waals surface area contributed by atoms with Crippen LogP contribution < -0.4 is 0 Å². The molecule has 0 radical (unpaired) electrons. The van der Waals surface area contributed by atoms with E-state index in [1.807, 2.05) is 46.4 Å². The van der Waals surface area contributed by atoms with E-state index in [9.17, 15) is 5.11 Å². The fourth-order valence-electron chi connectivity index (χ4n) is 11.9. The second kappa shape index (κ2) is 11.3. The minimum atomic E-state index is 0. The molecule has 0 aliphatic heterocycles. The topological polar surface area (TPSA) is 32.6 Å². The van der Waals surface area contributed by atoms with Crippen molar-refractivity contribution in [2.75, 3.05) is 13.2 Å². The Morgan fingerprint density at radius 3 is 2.23 bits per heavy atom. The van der Waals surface area contributed by atoms with Gasteiger partial charge in [0.15, 0.2) is 0 Å². The van der Waals surface area contributed by atoms with Crippen LogP contribution in [0.1, 0.15) is 141 Å². The molecular weight excluding hydrogens is 486 g/mol. The lowest BCUT2D eigenvalue weighted by Gasteiger charge is -2.77. The maximum atomic E-state index is 10.8. The predicted octanol–water partition coefficient (Wildman–Crippen LogP) is 10.7. The Morgan fingerprint density at radius 2 is 1.60 bits per heavy atom. The molecule has 0 saturated heterocycles. The summed E-state index contributed by atoms with van der Waals surface area (Å²) in [6, 6.07) is 0. The van der Waals surface area contributed by atoms with E-state index in [1.165, 1.54) is 57.8 Å². The van der Waals surface area contributed by atoms with Gasteiger partial charge in [0.25, 0.3) is 0 Å². The van der Waals surface area contributed by atoms with E-state index in [2.05, 4.69) is 58.7 Å². The van der Waals surface area contributed by atoms with Gasteiger partial charge >= 0.3 is 0 Å². The number of allylic oxidation sites excluding steroid dienone is 3. The third kappa shape index (κ3) is 4.38. The van der Waals surface area contributed by atoms with Gasteiger partial charge in [-0.05, 0) is 133 Å². The highest BCUT2D eigenvalue weighted by Crippen LogP contribution is 2.81. The van der Waals surface area contributed by atoms with E-state index in [4.69, 9.17) is 0 Å². The second-order valence-electron chi connectivity index (χ2n) is 15.7. The summed E-state index contributed by atoms with van der Waals surface area (Å²) >= 11 is 0. The van der Waals surface area contributed by atoms with Crippen molar-refractivity contribution in [1.29, 1.82) is 0 Å². The van der Waals surface area contributed by atoms with E-state index in [-0.39, 0.29) is 23.7 Å². The van der Waals surface area contributed by atoms with Crippen LogP contribution in [0.5, 0.6) is 0 Å². The highest BCUT2D eigenvalue weighted by Gasteiger charge is 2.74. The predicted molar refractivity (Wildman–Crippen MR) is 176 cm³/mol. The number of hydrogen-bond donors (Lipinski definition) is 1. The van der Waals surface area contributed by atoms with Gasteiger partial charge in [0.05, 0.1) is 6.54 Å². The van der Waals surface area contributed by atoms with Gasteiger partial charge in [0.2, 0.25) is 0 Å². The van der Waals surface area contributed by atoms with E-state index >= 15 is 0 Å². The van der Waals surface area contributed by atoms with Gasteiger partial charge in [-0.25, -0.2) is 0 Å². The van der Waals surface area contributed by atoms with E-state index in [0.717, 1.165) is 24.3 Å². The number of hydrogen-bond acceptors (Lipinski definition) is 2. The van der Waals surface area contributed by atoms with Crippen LogP contribution in [-0.2, 0) is 0 Å². The maximum Gasteiger partial charge on any atom is 0.0600 e. The number of rotatable bonds is 3. The van der Waals surface area contributed by atoms with Crippen LogP contribution in [0.3, 0.4) is 0 Å². The molecule has 0 bridgehead atoms. The third-order valence-electron chi connectivity index (χ3n) is 13.6. The van der Waals surface area contributed by atoms with Gasteiger partial charge in [-0.15, -0.1) is 0 Å². The van der Waals surface area contributed by atoms with Crippen molar-refractivity contribution in [3.8, 4) is 0 Å². The molecule has 0 aromatic carbocycles. The minimum absolute atomic E-state index is 0. The van der Waals surface area contributed by atoms with Crippen LogP contribution in [0.4, 0.5) is 0 Å². The average Bonchev–Trinajstić information content (AvgIpc) is 2.89. The lowest BCUT2D eigenvalue weighted by molar-refractivity contribution is -0.265. The van der Waals surface area contributed by atoms with Crippen molar-refractivity contribution in [1.82, 2.24) is 0 Å². The average molecular weight is 554 g/mol. The van der Waals surface area contributed by atoms with Gasteiger partial charge in [-0.3, -0.25) is 4.99 Å². The summed E-state index contributed by atoms with van der Waals surface area (Å²) in [7, 11) is 0. The number of aliphatic imine (C=N–C) groups is 1. The number of nitrogens with zero attached hydrogens (tertiary/aromatic N) is 1. The standard InChI is InChI=1S/C33H51NO.2C2H6.CH4/c1-8-34-19-23-9-12-31(7)25(29(23,4)5)11-13-30(6)24-10-14-32(21-35)16-15-28(2,3)20-33(32)18-22(27(24)33)17-26(30)31;2*1-2;/h8-9,17,22,24-25,27,35H,10-16,18-21H2,1-7H3;2*1-2H3;1H4. The summed E-state index contributed by atoms with van der Waals surface area (Å²) in [5, 5.41) is 10.8. The van der Waals surface area contributed by atoms with Gasteiger partial charge in [-0.2, -0.15) is 0 Å². The third-order valence-corrected chi connectivity index (χ3v) is 13.6. The Bertz CT molecular complexity index is 1000. The van der Waals surface area contributed by atoms with E-state index in [1.54, 1.807) is 5.57 Å². The van der Waals surface area contributed by atoms with Gasteiger partial charge < -0.3 is 5.11 Å². The number of fused-ring (bicyclic) bond motifs is 4. The number of aliphatic hydroxyl groups excluding tert-OH is 1. The molecule has 0 aromatic heterocycles. The Labute approximate surface area is 250 Å². The molecular formula is C38H67NO. The highest BCUT2D eigenvalue weighted by atomic mass is 16.3. The lowest BCUT2D eigenvalue weighted by Crippen LogP contribution is -2.71. The summed E-state index contributed by atoms with van der Waals surface area (Å²) in [5.41, 5.74) is 5.25. The first-order valence-corrected chi connectivity index (χ1v) is 16.9. The summed E-state index contributed by atoms with van der Waals surface area (Å²) in [4.78, 5) is 4.65. The smallest absolute Gasteiger partial charge is 0.0600 e. The van der Waals surface area contributed by atoms with Crippen LogP contribution in [0.15, 0.2) is 28.3 Å². The molecule has 0 amide bonds. The second-order valence-corrected chi connectivity index (χ2v) is 15.7. The first-order valence-electron chi connectivity index (χ1n) is 16.9. The molecule has 40 heavy (non-hydrogen) atoms. The summed E-state index contributed by atoms with van der Waals surface area (Å²) < 4.78 is 0. The van der Waals surface area contributed by atoms with Crippen molar-refractivity contribution in [3.05, 3.63) is 23.3 Å². The zero-order valence-corrected chi connectivity index (χ0v) is 27.7. The molecule has 4 fully saturated rings. The molecule has 6 aliphatic carbocycles. The first kappa shape index (κ1) is 33.6. The fraction of sp³-hybridized carbons (Fsp3) is 0.868. The molecule has 6 rings (SSSR count).